The van der Waals surface area contributed by atoms with Crippen molar-refractivity contribution in [1.82, 2.24) is 10.2 Å². The number of hydrogen-bond donors (Lipinski definition) is 1. The van der Waals surface area contributed by atoms with Gasteiger partial charge in [0.05, 0.1) is 5.56 Å². The standard InChI is InChI=1S/C19H27N3OS2/c1-11(2)8-16-21-22-18(25-16)20-17(23)14-10-24-15-9-12(19(3,4)5)6-7-13(14)15/h10-12H,6-9H2,1-5H3,(H,20,22,23). The Hall–Kier alpha value is -1.27. The van der Waals surface area contributed by atoms with Gasteiger partial charge in [-0.3, -0.25) is 10.1 Å². The monoisotopic (exact) mass is 377 g/mol. The molecule has 2 aromatic heterocycles. The van der Waals surface area contributed by atoms with Gasteiger partial charge in [0.25, 0.3) is 5.91 Å². The SMILES string of the molecule is CC(C)Cc1nnc(NC(=O)c2csc3c2CCC(C(C)(C)C)C3)s1. The maximum absolute atomic E-state index is 12.7. The number of aromatic nitrogens is 2. The summed E-state index contributed by atoms with van der Waals surface area (Å²) in [5.74, 6) is 1.19. The average Bonchev–Trinajstić information content (AvgIpc) is 3.11. The van der Waals surface area contributed by atoms with E-state index in [0.29, 0.717) is 22.4 Å². The highest BCUT2D eigenvalue weighted by Crippen LogP contribution is 2.40. The predicted molar refractivity (Wildman–Crippen MR) is 106 cm³/mol. The van der Waals surface area contributed by atoms with Crippen molar-refractivity contribution in [2.45, 2.75) is 60.3 Å². The van der Waals surface area contributed by atoms with Crippen LogP contribution in [0.5, 0.6) is 0 Å². The number of fused-ring (bicyclic) bond motifs is 1. The minimum absolute atomic E-state index is 0.0426. The second-order valence-corrected chi connectivity index (χ2v) is 10.4. The Morgan fingerprint density at radius 2 is 2.12 bits per heavy atom. The number of carbonyl (C=O) groups is 1. The zero-order chi connectivity index (χ0) is 18.2. The lowest BCUT2D eigenvalue weighted by molar-refractivity contribution is 0.102. The van der Waals surface area contributed by atoms with Crippen LogP contribution in [0.4, 0.5) is 5.13 Å². The van der Waals surface area contributed by atoms with E-state index in [1.54, 1.807) is 11.3 Å². The van der Waals surface area contributed by atoms with Gasteiger partial charge in [-0.05, 0) is 42.1 Å². The Balaban J connectivity index is 1.70. The normalized spacial score (nSPS) is 17.6. The summed E-state index contributed by atoms with van der Waals surface area (Å²) in [5, 5.41) is 14.8. The van der Waals surface area contributed by atoms with Crippen molar-refractivity contribution in [3.63, 3.8) is 0 Å². The smallest absolute Gasteiger partial charge is 0.258 e. The summed E-state index contributed by atoms with van der Waals surface area (Å²) in [6, 6.07) is 0. The summed E-state index contributed by atoms with van der Waals surface area (Å²) in [4.78, 5) is 14.1. The van der Waals surface area contributed by atoms with Gasteiger partial charge in [-0.15, -0.1) is 21.5 Å². The zero-order valence-electron chi connectivity index (χ0n) is 15.7. The third-order valence-electron chi connectivity index (χ3n) is 4.89. The quantitative estimate of drug-likeness (QED) is 0.796. The van der Waals surface area contributed by atoms with E-state index in [4.69, 9.17) is 0 Å². The fourth-order valence-corrected chi connectivity index (χ4v) is 5.45. The Morgan fingerprint density at radius 3 is 2.80 bits per heavy atom. The van der Waals surface area contributed by atoms with E-state index in [1.165, 1.54) is 21.8 Å². The van der Waals surface area contributed by atoms with Crippen molar-refractivity contribution in [2.24, 2.45) is 17.3 Å². The molecular formula is C19H27N3OS2. The van der Waals surface area contributed by atoms with E-state index in [-0.39, 0.29) is 5.91 Å². The number of anilines is 1. The molecule has 0 aliphatic heterocycles. The number of nitrogens with one attached hydrogen (secondary N) is 1. The molecule has 4 nitrogen and oxygen atoms in total. The number of carbonyl (C=O) groups excluding carboxylic acids is 1. The van der Waals surface area contributed by atoms with Crippen LogP contribution in [0.25, 0.3) is 0 Å². The van der Waals surface area contributed by atoms with Crippen LogP contribution in [0.15, 0.2) is 5.38 Å². The number of rotatable bonds is 4. The van der Waals surface area contributed by atoms with Gasteiger partial charge in [-0.1, -0.05) is 46.0 Å². The van der Waals surface area contributed by atoms with Crippen molar-refractivity contribution in [3.8, 4) is 0 Å². The molecule has 0 fully saturated rings. The molecule has 2 heterocycles. The highest BCUT2D eigenvalue weighted by Gasteiger charge is 2.31. The van der Waals surface area contributed by atoms with Crippen molar-refractivity contribution in [3.05, 3.63) is 26.4 Å². The number of thiophene rings is 1. The first kappa shape index (κ1) is 18.5. The molecule has 1 unspecified atom stereocenters. The van der Waals surface area contributed by atoms with Gasteiger partial charge in [0.2, 0.25) is 5.13 Å². The van der Waals surface area contributed by atoms with Crippen molar-refractivity contribution in [2.75, 3.05) is 5.32 Å². The number of hydrogen-bond acceptors (Lipinski definition) is 5. The lowest BCUT2D eigenvalue weighted by Gasteiger charge is -2.34. The van der Waals surface area contributed by atoms with Crippen LogP contribution in [0.1, 0.15) is 66.8 Å². The highest BCUT2D eigenvalue weighted by molar-refractivity contribution is 7.15. The molecule has 1 aliphatic carbocycles. The molecule has 0 aromatic carbocycles. The van der Waals surface area contributed by atoms with E-state index >= 15 is 0 Å². The molecule has 2 aromatic rings. The summed E-state index contributed by atoms with van der Waals surface area (Å²) >= 11 is 3.21. The molecule has 136 valence electrons. The van der Waals surface area contributed by atoms with Crippen molar-refractivity contribution < 1.29 is 4.79 Å². The molecular weight excluding hydrogens is 350 g/mol. The molecule has 0 radical (unpaired) electrons. The second kappa shape index (κ2) is 7.16. The fraction of sp³-hybridized carbons (Fsp3) is 0.632. The summed E-state index contributed by atoms with van der Waals surface area (Å²) in [7, 11) is 0. The van der Waals surface area contributed by atoms with E-state index in [0.717, 1.165) is 36.3 Å². The highest BCUT2D eigenvalue weighted by atomic mass is 32.1. The van der Waals surface area contributed by atoms with Gasteiger partial charge in [-0.2, -0.15) is 0 Å². The van der Waals surface area contributed by atoms with Gasteiger partial charge in [0.1, 0.15) is 5.01 Å². The van der Waals surface area contributed by atoms with Crippen LogP contribution in [0.2, 0.25) is 0 Å². The largest absolute Gasteiger partial charge is 0.296 e. The first-order valence-corrected chi connectivity index (χ1v) is 10.7. The molecule has 0 bridgehead atoms. The predicted octanol–water partition coefficient (Wildman–Crippen LogP) is 5.20. The lowest BCUT2D eigenvalue weighted by atomic mass is 9.72. The first-order chi connectivity index (χ1) is 11.7. The third-order valence-corrected chi connectivity index (χ3v) is 6.81. The van der Waals surface area contributed by atoms with Crippen LogP contribution >= 0.6 is 22.7 Å². The maximum Gasteiger partial charge on any atom is 0.258 e. The summed E-state index contributed by atoms with van der Waals surface area (Å²) < 4.78 is 0. The van der Waals surface area contributed by atoms with Crippen LogP contribution in [0, 0.1) is 17.3 Å². The van der Waals surface area contributed by atoms with Crippen LogP contribution in [-0.2, 0) is 19.3 Å². The van der Waals surface area contributed by atoms with Crippen LogP contribution in [0.3, 0.4) is 0 Å². The van der Waals surface area contributed by atoms with Gasteiger partial charge in [0.15, 0.2) is 0 Å². The Kier molecular flexibility index (Phi) is 5.30. The first-order valence-electron chi connectivity index (χ1n) is 8.97. The summed E-state index contributed by atoms with van der Waals surface area (Å²) in [6.45, 7) is 11.3. The van der Waals surface area contributed by atoms with Crippen LogP contribution in [-0.4, -0.2) is 16.1 Å². The molecule has 0 saturated carbocycles. The molecule has 0 spiro atoms. The van der Waals surface area contributed by atoms with E-state index < -0.39 is 0 Å². The van der Waals surface area contributed by atoms with Crippen molar-refractivity contribution >= 4 is 33.7 Å². The van der Waals surface area contributed by atoms with E-state index in [1.807, 2.05) is 5.38 Å². The number of amides is 1. The lowest BCUT2D eigenvalue weighted by Crippen LogP contribution is -2.27. The molecule has 1 N–H and O–H groups in total. The molecule has 0 saturated heterocycles. The second-order valence-electron chi connectivity index (χ2n) is 8.41. The molecule has 3 rings (SSSR count). The summed E-state index contributed by atoms with van der Waals surface area (Å²) in [6.07, 6.45) is 4.15. The van der Waals surface area contributed by atoms with Gasteiger partial charge < -0.3 is 0 Å². The van der Waals surface area contributed by atoms with Crippen LogP contribution < -0.4 is 5.32 Å². The molecule has 25 heavy (non-hydrogen) atoms. The summed E-state index contributed by atoms with van der Waals surface area (Å²) in [5.41, 5.74) is 2.40. The van der Waals surface area contributed by atoms with Crippen molar-refractivity contribution in [1.29, 1.82) is 0 Å². The minimum atomic E-state index is -0.0426. The minimum Gasteiger partial charge on any atom is -0.296 e. The zero-order valence-corrected chi connectivity index (χ0v) is 17.3. The molecule has 1 amide bonds. The van der Waals surface area contributed by atoms with E-state index in [2.05, 4.69) is 50.1 Å². The Labute approximate surface area is 158 Å². The third kappa shape index (κ3) is 4.29. The average molecular weight is 378 g/mol. The van der Waals surface area contributed by atoms with Gasteiger partial charge >= 0.3 is 0 Å². The topological polar surface area (TPSA) is 54.9 Å². The van der Waals surface area contributed by atoms with E-state index in [9.17, 15) is 4.79 Å². The molecule has 1 aliphatic rings. The molecule has 1 atom stereocenters. The van der Waals surface area contributed by atoms with Gasteiger partial charge in [-0.25, -0.2) is 0 Å². The Morgan fingerprint density at radius 1 is 1.36 bits per heavy atom. The number of nitrogens with zero attached hydrogens (tertiary/aromatic N) is 2. The maximum atomic E-state index is 12.7. The fourth-order valence-electron chi connectivity index (χ4n) is 3.34. The molecule has 6 heteroatoms. The van der Waals surface area contributed by atoms with Gasteiger partial charge in [0, 0.05) is 16.7 Å². The Bertz CT molecular complexity index is 755.